The number of esters is 5. The summed E-state index contributed by atoms with van der Waals surface area (Å²) < 4.78 is 36.9. The van der Waals surface area contributed by atoms with E-state index in [4.69, 9.17) is 28.4 Å². The van der Waals surface area contributed by atoms with Gasteiger partial charge in [0.15, 0.2) is 11.9 Å². The highest BCUT2D eigenvalue weighted by atomic mass is 16.6. The number of ketones is 1. The standard InChI is InChI=1S/C68H95NO16/c1-13-15-16-17-18-19-20-21-22-23-24-25-26-27-28-29-30-31-35-38-53(73)81-55(49(41-44(3)4)69-63(78)85-64(7,8)9)62(77)80-50-43-68(79)59(83-61(76)47-36-33-32-34-37-47)57-66(12,51(71)42-52(72)67(57,14-2)84-46(6)70)58(74)56(82-60(75)48-39-40-48)54(45(50)5)65(68,10)11/h15-16,18-19,21-22,27-28,30-34,36-37,41,48-52,55-57,59,71-72,79H,13-14,17,20,23-26,29,35,38-40,42-43H2,1-12H3,(H,69,78)/b16-15-,19-18-,22-21-,28-27-,31-30-/t49-,50-,51-,52+,55+,56+,57?,59?,66+,67-,68+/m0/s1. The summed E-state index contributed by atoms with van der Waals surface area (Å²) in [5.41, 5.74) is -8.96. The Labute approximate surface area is 503 Å². The first-order valence-electron chi connectivity index (χ1n) is 30.4. The molecule has 0 saturated heterocycles. The predicted molar refractivity (Wildman–Crippen MR) is 322 cm³/mol. The maximum Gasteiger partial charge on any atom is 0.408 e. The fraction of sp³-hybridized carbons (Fsp3) is 0.603. The second-order valence-electron chi connectivity index (χ2n) is 25.0. The third kappa shape index (κ3) is 17.6. The van der Waals surface area contributed by atoms with E-state index in [0.717, 1.165) is 51.9 Å². The lowest BCUT2D eigenvalue weighted by Crippen LogP contribution is -2.77. The number of carbonyl (C=O) groups is 7. The van der Waals surface area contributed by atoms with Gasteiger partial charge < -0.3 is 49.1 Å². The van der Waals surface area contributed by atoms with Crippen LogP contribution in [0.4, 0.5) is 4.79 Å². The van der Waals surface area contributed by atoms with Crippen molar-refractivity contribution < 1.29 is 77.3 Å². The van der Waals surface area contributed by atoms with E-state index < -0.39 is 137 Å². The van der Waals surface area contributed by atoms with Crippen LogP contribution in [0.2, 0.25) is 0 Å². The van der Waals surface area contributed by atoms with Crippen molar-refractivity contribution in [2.45, 2.75) is 239 Å². The van der Waals surface area contributed by atoms with Crippen molar-refractivity contribution in [1.29, 1.82) is 0 Å². The van der Waals surface area contributed by atoms with Gasteiger partial charge in [-0.1, -0.05) is 118 Å². The minimum Gasteiger partial charge on any atom is -0.456 e. The lowest BCUT2D eigenvalue weighted by atomic mass is 9.45. The number of carbonyl (C=O) groups excluding carboxylic acids is 7. The molecular weight excluding hydrogens is 1090 g/mol. The van der Waals surface area contributed by atoms with Crippen molar-refractivity contribution in [3.63, 3.8) is 0 Å². The zero-order valence-corrected chi connectivity index (χ0v) is 52.2. The number of fused-ring (bicyclic) bond motifs is 3. The molecule has 2 unspecified atom stereocenters. The number of amides is 1. The number of nitrogens with one attached hydrogen (secondary N) is 1. The molecule has 4 aliphatic carbocycles. The van der Waals surface area contributed by atoms with Gasteiger partial charge in [-0.05, 0) is 149 Å². The normalized spacial score (nSPS) is 27.4. The summed E-state index contributed by atoms with van der Waals surface area (Å²) >= 11 is 0. The van der Waals surface area contributed by atoms with Crippen LogP contribution in [0.5, 0.6) is 0 Å². The van der Waals surface area contributed by atoms with Crippen LogP contribution in [-0.4, -0.2) is 117 Å². The summed E-state index contributed by atoms with van der Waals surface area (Å²) in [4.78, 5) is 101. The largest absolute Gasteiger partial charge is 0.456 e. The molecule has 3 saturated carbocycles. The Morgan fingerprint density at radius 1 is 0.776 bits per heavy atom. The summed E-state index contributed by atoms with van der Waals surface area (Å²) in [6.07, 6.45) is 18.0. The fourth-order valence-corrected chi connectivity index (χ4v) is 12.1. The van der Waals surface area contributed by atoms with Crippen molar-refractivity contribution in [2.24, 2.45) is 22.7 Å². The number of hydrogen-bond acceptors (Lipinski definition) is 16. The van der Waals surface area contributed by atoms with E-state index in [2.05, 4.69) is 60.8 Å². The average molecular weight is 1180 g/mol. The van der Waals surface area contributed by atoms with Crippen LogP contribution in [0.3, 0.4) is 0 Å². The Hall–Kier alpha value is -6.43. The minimum atomic E-state index is -2.53. The minimum absolute atomic E-state index is 0.0167. The number of allylic oxidation sites excluding steroid dienone is 11. The zero-order valence-electron chi connectivity index (χ0n) is 52.2. The van der Waals surface area contributed by atoms with E-state index in [1.165, 1.54) is 32.1 Å². The smallest absolute Gasteiger partial charge is 0.408 e. The molecule has 0 radical (unpaired) electrons. The third-order valence-electron chi connectivity index (χ3n) is 16.8. The van der Waals surface area contributed by atoms with Crippen LogP contribution in [0.15, 0.2) is 114 Å². The third-order valence-corrected chi connectivity index (χ3v) is 16.8. The van der Waals surface area contributed by atoms with E-state index in [0.29, 0.717) is 24.8 Å². The average Bonchev–Trinajstić information content (AvgIpc) is 1.78. The number of benzene rings is 1. The summed E-state index contributed by atoms with van der Waals surface area (Å²) in [5, 5.41) is 41.3. The van der Waals surface area contributed by atoms with E-state index in [1.54, 1.807) is 73.6 Å². The highest BCUT2D eigenvalue weighted by Gasteiger charge is 2.76. The molecule has 4 N–H and O–H groups in total. The number of Topliss-reactive ketones (excluding diaryl/α,β-unsaturated/α-hetero) is 1. The van der Waals surface area contributed by atoms with Gasteiger partial charge in [-0.2, -0.15) is 0 Å². The first-order chi connectivity index (χ1) is 40.1. The lowest BCUT2D eigenvalue weighted by molar-refractivity contribution is -0.284. The van der Waals surface area contributed by atoms with Gasteiger partial charge in [0.05, 0.1) is 41.1 Å². The van der Waals surface area contributed by atoms with Crippen molar-refractivity contribution in [3.8, 4) is 0 Å². The molecule has 3 fully saturated rings. The summed E-state index contributed by atoms with van der Waals surface area (Å²) in [6.45, 7) is 19.2. The molecule has 4 aliphatic rings. The van der Waals surface area contributed by atoms with Crippen LogP contribution in [-0.2, 0) is 52.4 Å². The number of alkyl carbamates (subject to hydrolysis) is 1. The fourth-order valence-electron chi connectivity index (χ4n) is 12.1. The topological polar surface area (TPSA) is 248 Å². The first kappa shape index (κ1) is 69.3. The molecule has 1 aromatic rings. The van der Waals surface area contributed by atoms with Gasteiger partial charge in [-0.25, -0.2) is 14.4 Å². The molecule has 1 amide bonds. The number of hydrogen-bond donors (Lipinski definition) is 4. The number of aliphatic hydroxyl groups is 3. The number of rotatable bonds is 27. The molecule has 0 spiro atoms. The summed E-state index contributed by atoms with van der Waals surface area (Å²) in [5.74, 6) is -7.94. The van der Waals surface area contributed by atoms with Gasteiger partial charge in [0.1, 0.15) is 29.0 Å². The molecule has 468 valence electrons. The molecule has 2 bridgehead atoms. The second kappa shape index (κ2) is 30.8. The molecule has 17 nitrogen and oxygen atoms in total. The molecule has 1 aromatic carbocycles. The highest BCUT2D eigenvalue weighted by Crippen LogP contribution is 2.63. The summed E-state index contributed by atoms with van der Waals surface area (Å²) in [7, 11) is 0. The Balaban J connectivity index is 1.52. The monoisotopic (exact) mass is 1180 g/mol. The van der Waals surface area contributed by atoms with Crippen LogP contribution < -0.4 is 5.32 Å². The van der Waals surface area contributed by atoms with Gasteiger partial charge in [0, 0.05) is 31.6 Å². The number of aliphatic hydroxyl groups excluding tert-OH is 2. The van der Waals surface area contributed by atoms with Crippen LogP contribution in [0.1, 0.15) is 190 Å². The molecule has 11 atom stereocenters. The van der Waals surface area contributed by atoms with Gasteiger partial charge in [-0.15, -0.1) is 0 Å². The van der Waals surface area contributed by atoms with E-state index in [9.17, 15) is 39.3 Å². The van der Waals surface area contributed by atoms with Crippen molar-refractivity contribution in [2.75, 3.05) is 0 Å². The Kier molecular flexibility index (Phi) is 25.1. The summed E-state index contributed by atoms with van der Waals surface area (Å²) in [6, 6.07) is 6.36. The molecular formula is C68H95NO16. The van der Waals surface area contributed by atoms with Gasteiger partial charge in [0.2, 0.25) is 6.10 Å². The van der Waals surface area contributed by atoms with Gasteiger partial charge in [-0.3, -0.25) is 19.2 Å². The number of unbranched alkanes of at least 4 members (excludes halogenated alkanes) is 3. The van der Waals surface area contributed by atoms with Crippen LogP contribution in [0, 0.1) is 22.7 Å². The second-order valence-corrected chi connectivity index (χ2v) is 25.0. The Morgan fingerprint density at radius 2 is 1.35 bits per heavy atom. The van der Waals surface area contributed by atoms with Crippen molar-refractivity contribution >= 4 is 41.7 Å². The maximum absolute atomic E-state index is 16.1. The lowest BCUT2D eigenvalue weighted by Gasteiger charge is -2.64. The SMILES string of the molecule is CC/C=C\C/C=C\C/C=C\CCCC/C=C\C/C=C\CCC(=O)O[C@@H](C(=O)O[C@H]1C[C@@]2(O)C(OC(=O)c3ccccc3)C3[C@](C)(C(=O)[C@H](OC(=O)C4CC4)C(=C1C)C2(C)C)[C@@H](O)C[C@@H](O)[C@]3(CC)OC(C)=O)[C@H](C=C(C)C)NC(=O)OC(C)(C)C. The molecule has 0 aromatic heterocycles. The molecule has 17 heteroatoms. The van der Waals surface area contributed by atoms with Crippen molar-refractivity contribution in [3.05, 3.63) is 119 Å². The Bertz CT molecular complexity index is 2720. The first-order valence-corrected chi connectivity index (χ1v) is 30.4. The van der Waals surface area contributed by atoms with Crippen LogP contribution in [0.25, 0.3) is 0 Å². The van der Waals surface area contributed by atoms with Gasteiger partial charge in [0.25, 0.3) is 0 Å². The Morgan fingerprint density at radius 3 is 1.89 bits per heavy atom. The predicted octanol–water partition coefficient (Wildman–Crippen LogP) is 11.4. The number of ether oxygens (including phenoxy) is 6. The van der Waals surface area contributed by atoms with Gasteiger partial charge >= 0.3 is 35.9 Å². The quantitative estimate of drug-likeness (QED) is 0.0277. The highest BCUT2D eigenvalue weighted by molar-refractivity contribution is 5.96. The van der Waals surface area contributed by atoms with E-state index in [1.807, 2.05) is 12.2 Å². The van der Waals surface area contributed by atoms with E-state index in [-0.39, 0.29) is 36.0 Å². The zero-order chi connectivity index (χ0) is 62.9. The molecule has 5 rings (SSSR count). The molecule has 85 heavy (non-hydrogen) atoms. The van der Waals surface area contributed by atoms with E-state index >= 15 is 9.59 Å². The molecule has 0 heterocycles. The van der Waals surface area contributed by atoms with Crippen molar-refractivity contribution in [1.82, 2.24) is 5.32 Å². The maximum atomic E-state index is 16.1. The van der Waals surface area contributed by atoms with Crippen LogP contribution >= 0.6 is 0 Å². The molecule has 0 aliphatic heterocycles.